The molecule has 0 saturated carbocycles. The molecule has 7 N–H and O–H groups in total. The van der Waals surface area contributed by atoms with Crippen molar-refractivity contribution in [1.29, 1.82) is 0 Å². The molecule has 1 aromatic carbocycles. The average Bonchev–Trinajstić information content (AvgIpc) is 3.39. The highest BCUT2D eigenvalue weighted by atomic mass is 16.6. The molecule has 6 amide bonds. The van der Waals surface area contributed by atoms with Gasteiger partial charge in [0.2, 0.25) is 29.5 Å². The minimum Gasteiger partial charge on any atom is -0.459 e. The van der Waals surface area contributed by atoms with Gasteiger partial charge in [0.15, 0.2) is 0 Å². The molecule has 0 spiro atoms. The number of nitrogens with two attached hydrogens (primary N) is 2. The van der Waals surface area contributed by atoms with E-state index in [1.807, 2.05) is 6.07 Å². The number of hydrogen-bond donors (Lipinski definition) is 5. The summed E-state index contributed by atoms with van der Waals surface area (Å²) in [7, 11) is 0. The van der Waals surface area contributed by atoms with E-state index in [-0.39, 0.29) is 13.2 Å². The van der Waals surface area contributed by atoms with Crippen molar-refractivity contribution in [3.63, 3.8) is 0 Å². The van der Waals surface area contributed by atoms with E-state index in [0.29, 0.717) is 12.8 Å². The van der Waals surface area contributed by atoms with Crippen molar-refractivity contribution in [2.75, 3.05) is 6.54 Å². The van der Waals surface area contributed by atoms with E-state index in [0.717, 1.165) is 5.56 Å². The molecule has 0 unspecified atom stereocenters. The van der Waals surface area contributed by atoms with E-state index in [2.05, 4.69) is 16.0 Å². The number of primary amides is 2. The lowest BCUT2D eigenvalue weighted by Crippen LogP contribution is -2.58. The summed E-state index contributed by atoms with van der Waals surface area (Å²) in [4.78, 5) is 88.6. The van der Waals surface area contributed by atoms with Crippen LogP contribution in [-0.2, 0) is 44.8 Å². The molecule has 15 nitrogen and oxygen atoms in total. The number of carbonyl (C=O) groups is 7. The van der Waals surface area contributed by atoms with Crippen LogP contribution in [0.4, 0.5) is 4.79 Å². The summed E-state index contributed by atoms with van der Waals surface area (Å²) >= 11 is 0. The molecule has 15 heteroatoms. The fraction of sp³-hybridized carbons (Fsp3) is 0.536. The van der Waals surface area contributed by atoms with Gasteiger partial charge in [-0.25, -0.2) is 9.59 Å². The molecule has 1 saturated heterocycles. The molecule has 0 aliphatic carbocycles. The smallest absolute Gasteiger partial charge is 0.408 e. The third kappa shape index (κ3) is 11.6. The Bertz CT molecular complexity index is 1200. The molecule has 0 aromatic heterocycles. The standard InChI is InChI=1S/C28H40N6O9/c1-16(31-24(38)18(13-21(29)35)33-27(41)43-28(2,3)4)23(37)32-19(14-22(30)36)25(39)34-12-8-11-20(34)26(40)42-15-17-9-6-5-7-10-17/h5-7,9-10,16,18-20H,8,11-15H2,1-4H3,(H2,29,35)(H2,30,36)(H,31,38)(H,32,37)(H,33,41)/t16-,18-,19-,20-/m0/s1. The van der Waals surface area contributed by atoms with Crippen LogP contribution >= 0.6 is 0 Å². The highest BCUT2D eigenvalue weighted by Gasteiger charge is 2.39. The van der Waals surface area contributed by atoms with E-state index in [9.17, 15) is 33.6 Å². The van der Waals surface area contributed by atoms with Crippen LogP contribution in [0.25, 0.3) is 0 Å². The summed E-state index contributed by atoms with van der Waals surface area (Å²) in [6.07, 6.45) is -1.32. The molecule has 1 aliphatic heterocycles. The van der Waals surface area contributed by atoms with Gasteiger partial charge in [-0.05, 0) is 46.1 Å². The normalized spacial score (nSPS) is 16.7. The van der Waals surface area contributed by atoms with Gasteiger partial charge in [0, 0.05) is 6.54 Å². The first-order valence-electron chi connectivity index (χ1n) is 13.7. The molecule has 0 radical (unpaired) electrons. The minimum absolute atomic E-state index is 0.0103. The molecule has 1 fully saturated rings. The topological polar surface area (TPSA) is 229 Å². The number of likely N-dealkylation sites (tertiary alicyclic amines) is 1. The zero-order valence-corrected chi connectivity index (χ0v) is 24.7. The highest BCUT2D eigenvalue weighted by molar-refractivity contribution is 5.97. The van der Waals surface area contributed by atoms with Crippen LogP contribution in [0.15, 0.2) is 30.3 Å². The van der Waals surface area contributed by atoms with Crippen LogP contribution in [0.5, 0.6) is 0 Å². The fourth-order valence-corrected chi connectivity index (χ4v) is 4.24. The van der Waals surface area contributed by atoms with Crippen molar-refractivity contribution in [1.82, 2.24) is 20.9 Å². The van der Waals surface area contributed by atoms with Crippen LogP contribution in [0, 0.1) is 0 Å². The van der Waals surface area contributed by atoms with Crippen molar-refractivity contribution in [3.05, 3.63) is 35.9 Å². The van der Waals surface area contributed by atoms with Gasteiger partial charge in [0.25, 0.3) is 0 Å². The van der Waals surface area contributed by atoms with E-state index < -0.39 is 84.2 Å². The number of ether oxygens (including phenoxy) is 2. The van der Waals surface area contributed by atoms with Crippen LogP contribution in [0.1, 0.15) is 58.9 Å². The molecule has 4 atom stereocenters. The number of nitrogens with zero attached hydrogens (tertiary/aromatic N) is 1. The van der Waals surface area contributed by atoms with Crippen molar-refractivity contribution in [3.8, 4) is 0 Å². The number of amides is 6. The Morgan fingerprint density at radius 1 is 0.907 bits per heavy atom. The maximum Gasteiger partial charge on any atom is 0.408 e. The van der Waals surface area contributed by atoms with Gasteiger partial charge in [-0.1, -0.05) is 30.3 Å². The first-order valence-corrected chi connectivity index (χ1v) is 13.7. The molecule has 1 aromatic rings. The maximum atomic E-state index is 13.4. The van der Waals surface area contributed by atoms with Gasteiger partial charge in [-0.3, -0.25) is 24.0 Å². The number of rotatable bonds is 13. The summed E-state index contributed by atoms with van der Waals surface area (Å²) in [6, 6.07) is 3.87. The Morgan fingerprint density at radius 2 is 1.51 bits per heavy atom. The zero-order chi connectivity index (χ0) is 32.3. The summed E-state index contributed by atoms with van der Waals surface area (Å²) < 4.78 is 10.5. The maximum absolute atomic E-state index is 13.4. The Hall–Kier alpha value is -4.69. The van der Waals surface area contributed by atoms with Gasteiger partial charge >= 0.3 is 12.1 Å². The summed E-state index contributed by atoms with van der Waals surface area (Å²) in [5.41, 5.74) is 10.4. The predicted octanol–water partition coefficient (Wildman–Crippen LogP) is -0.646. The Kier molecular flexibility index (Phi) is 12.5. The van der Waals surface area contributed by atoms with E-state index >= 15 is 0 Å². The van der Waals surface area contributed by atoms with Crippen molar-refractivity contribution in [2.45, 2.75) is 89.8 Å². The Balaban J connectivity index is 2.07. The number of alkyl carbamates (subject to hydrolysis) is 1. The summed E-state index contributed by atoms with van der Waals surface area (Å²) in [5, 5.41) is 6.97. The number of esters is 1. The SMILES string of the molecule is C[C@H](NC(=O)[C@H](CC(N)=O)NC(=O)OC(C)(C)C)C(=O)N[C@@H](CC(N)=O)C(=O)N1CCC[C@H]1C(=O)OCc1ccccc1. The molecule has 1 aliphatic rings. The van der Waals surface area contributed by atoms with Crippen molar-refractivity contribution < 1.29 is 43.0 Å². The van der Waals surface area contributed by atoms with Gasteiger partial charge in [-0.15, -0.1) is 0 Å². The Morgan fingerprint density at radius 3 is 2.09 bits per heavy atom. The van der Waals surface area contributed by atoms with Gasteiger partial charge in [0.05, 0.1) is 12.8 Å². The lowest BCUT2D eigenvalue weighted by Gasteiger charge is -2.29. The second-order valence-corrected chi connectivity index (χ2v) is 11.1. The molecule has 236 valence electrons. The third-order valence-corrected chi connectivity index (χ3v) is 6.22. The predicted molar refractivity (Wildman–Crippen MR) is 151 cm³/mol. The molecule has 2 rings (SSSR count). The van der Waals surface area contributed by atoms with Crippen LogP contribution in [0.3, 0.4) is 0 Å². The number of benzene rings is 1. The van der Waals surface area contributed by atoms with E-state index in [1.165, 1.54) is 11.8 Å². The minimum atomic E-state index is -1.46. The van der Waals surface area contributed by atoms with Gasteiger partial charge in [0.1, 0.15) is 36.4 Å². The largest absolute Gasteiger partial charge is 0.459 e. The van der Waals surface area contributed by atoms with Gasteiger partial charge in [-0.2, -0.15) is 0 Å². The first kappa shape index (κ1) is 34.5. The average molecular weight is 605 g/mol. The summed E-state index contributed by atoms with van der Waals surface area (Å²) in [6.45, 7) is 6.29. The molecular weight excluding hydrogens is 564 g/mol. The monoisotopic (exact) mass is 604 g/mol. The molecular formula is C28H40N6O9. The van der Waals surface area contributed by atoms with Crippen LogP contribution in [-0.4, -0.2) is 82.8 Å². The number of carbonyl (C=O) groups excluding carboxylic acids is 7. The summed E-state index contributed by atoms with van der Waals surface area (Å²) in [5.74, 6) is -4.93. The lowest BCUT2D eigenvalue weighted by molar-refractivity contribution is -0.155. The van der Waals surface area contributed by atoms with E-state index in [4.69, 9.17) is 20.9 Å². The Labute approximate surface area is 249 Å². The van der Waals surface area contributed by atoms with Crippen LogP contribution in [0.2, 0.25) is 0 Å². The first-order chi connectivity index (χ1) is 20.1. The third-order valence-electron chi connectivity index (χ3n) is 6.22. The quantitative estimate of drug-likeness (QED) is 0.180. The second-order valence-electron chi connectivity index (χ2n) is 11.1. The number of hydrogen-bond acceptors (Lipinski definition) is 9. The van der Waals surface area contributed by atoms with E-state index in [1.54, 1.807) is 45.0 Å². The highest BCUT2D eigenvalue weighted by Crippen LogP contribution is 2.21. The second kappa shape index (κ2) is 15.5. The fourth-order valence-electron chi connectivity index (χ4n) is 4.24. The van der Waals surface area contributed by atoms with Crippen LogP contribution < -0.4 is 27.4 Å². The molecule has 43 heavy (non-hydrogen) atoms. The van der Waals surface area contributed by atoms with Crippen molar-refractivity contribution in [2.24, 2.45) is 11.5 Å². The molecule has 0 bridgehead atoms. The zero-order valence-electron chi connectivity index (χ0n) is 24.7. The van der Waals surface area contributed by atoms with Gasteiger partial charge < -0.3 is 41.8 Å². The lowest BCUT2D eigenvalue weighted by atomic mass is 10.1. The molecule has 1 heterocycles. The number of nitrogens with one attached hydrogen (secondary N) is 3. The van der Waals surface area contributed by atoms with Crippen molar-refractivity contribution >= 4 is 41.6 Å².